The van der Waals surface area contributed by atoms with Crippen molar-refractivity contribution in [2.24, 2.45) is 5.92 Å². The SMILES string of the molecule is Cc1ccc2c(C(=O)NC3CCC(CCN4C5C=CC4c4ccccc45)CC3)ccc(Cl)c2n1. The minimum Gasteiger partial charge on any atom is -0.349 e. The van der Waals surface area contributed by atoms with Crippen LogP contribution in [0.4, 0.5) is 0 Å². The molecule has 1 aliphatic carbocycles. The molecule has 6 rings (SSSR count). The second-order valence-corrected chi connectivity index (χ2v) is 10.5. The summed E-state index contributed by atoms with van der Waals surface area (Å²) in [5.74, 6) is 0.716. The smallest absolute Gasteiger partial charge is 0.252 e. The summed E-state index contributed by atoms with van der Waals surface area (Å²) < 4.78 is 0. The maximum atomic E-state index is 13.1. The molecule has 2 aromatic carbocycles. The van der Waals surface area contributed by atoms with Gasteiger partial charge in [0.1, 0.15) is 0 Å². The molecule has 34 heavy (non-hydrogen) atoms. The van der Waals surface area contributed by atoms with Crippen molar-refractivity contribution in [2.45, 2.75) is 57.2 Å². The first-order chi connectivity index (χ1) is 16.6. The summed E-state index contributed by atoms with van der Waals surface area (Å²) in [5.41, 5.74) is 5.23. The average molecular weight is 472 g/mol. The molecule has 1 saturated carbocycles. The van der Waals surface area contributed by atoms with Crippen LogP contribution in [0.2, 0.25) is 5.02 Å². The first-order valence-electron chi connectivity index (χ1n) is 12.5. The Bertz CT molecular complexity index is 1240. The van der Waals surface area contributed by atoms with Gasteiger partial charge in [0.15, 0.2) is 0 Å². The number of carbonyl (C=O) groups is 1. The number of fused-ring (bicyclic) bond motifs is 6. The summed E-state index contributed by atoms with van der Waals surface area (Å²) in [6.45, 7) is 3.08. The lowest BCUT2D eigenvalue weighted by Gasteiger charge is -2.31. The zero-order valence-corrected chi connectivity index (χ0v) is 20.3. The van der Waals surface area contributed by atoms with E-state index in [4.69, 9.17) is 11.6 Å². The molecule has 2 aliphatic heterocycles. The summed E-state index contributed by atoms with van der Waals surface area (Å²) in [4.78, 5) is 20.3. The van der Waals surface area contributed by atoms with E-state index < -0.39 is 0 Å². The van der Waals surface area contributed by atoms with E-state index in [1.807, 2.05) is 25.1 Å². The van der Waals surface area contributed by atoms with Gasteiger partial charge in [0.25, 0.3) is 5.91 Å². The second-order valence-electron chi connectivity index (χ2n) is 10.1. The molecule has 3 heterocycles. The van der Waals surface area contributed by atoms with Crippen molar-refractivity contribution in [1.82, 2.24) is 15.2 Å². The van der Waals surface area contributed by atoms with Crippen LogP contribution >= 0.6 is 11.6 Å². The normalized spacial score (nSPS) is 25.6. The van der Waals surface area contributed by atoms with Gasteiger partial charge in [-0.3, -0.25) is 14.7 Å². The average Bonchev–Trinajstić information content (AvgIpc) is 3.40. The highest BCUT2D eigenvalue weighted by Gasteiger charge is 2.39. The van der Waals surface area contributed by atoms with Crippen molar-refractivity contribution < 1.29 is 4.79 Å². The van der Waals surface area contributed by atoms with Crippen LogP contribution in [0.3, 0.4) is 0 Å². The highest BCUT2D eigenvalue weighted by atomic mass is 35.5. The Kier molecular flexibility index (Phi) is 5.66. The predicted molar refractivity (Wildman–Crippen MR) is 137 cm³/mol. The van der Waals surface area contributed by atoms with Crippen LogP contribution in [0, 0.1) is 12.8 Å². The Labute approximate surface area is 206 Å². The fourth-order valence-electron chi connectivity index (χ4n) is 6.17. The third-order valence-corrected chi connectivity index (χ3v) is 8.30. The number of nitrogens with zero attached hydrogens (tertiary/aromatic N) is 2. The molecule has 174 valence electrons. The van der Waals surface area contributed by atoms with E-state index in [-0.39, 0.29) is 11.9 Å². The summed E-state index contributed by atoms with van der Waals surface area (Å²) >= 11 is 6.34. The van der Waals surface area contributed by atoms with Crippen molar-refractivity contribution in [1.29, 1.82) is 0 Å². The number of nitrogens with one attached hydrogen (secondary N) is 1. The fourth-order valence-corrected chi connectivity index (χ4v) is 6.37. The number of hydrogen-bond donors (Lipinski definition) is 1. The number of halogens is 1. The Morgan fingerprint density at radius 3 is 2.41 bits per heavy atom. The highest BCUT2D eigenvalue weighted by Crippen LogP contribution is 2.48. The number of benzene rings is 2. The minimum atomic E-state index is -0.0201. The first kappa shape index (κ1) is 21.8. The number of pyridine rings is 1. The van der Waals surface area contributed by atoms with Gasteiger partial charge in [-0.25, -0.2) is 0 Å². The van der Waals surface area contributed by atoms with Crippen LogP contribution in [-0.4, -0.2) is 28.4 Å². The lowest BCUT2D eigenvalue weighted by molar-refractivity contribution is 0.0921. The number of aromatic nitrogens is 1. The van der Waals surface area contributed by atoms with E-state index in [2.05, 4.69) is 51.6 Å². The quantitative estimate of drug-likeness (QED) is 0.429. The van der Waals surface area contributed by atoms with Crippen LogP contribution in [-0.2, 0) is 0 Å². The van der Waals surface area contributed by atoms with Gasteiger partial charge in [0, 0.05) is 29.2 Å². The van der Waals surface area contributed by atoms with Crippen LogP contribution in [0.5, 0.6) is 0 Å². The van der Waals surface area contributed by atoms with Crippen LogP contribution in [0.15, 0.2) is 60.7 Å². The fraction of sp³-hybridized carbons (Fsp3) is 0.379. The summed E-state index contributed by atoms with van der Waals surface area (Å²) in [7, 11) is 0. The number of amides is 1. The molecule has 0 saturated heterocycles. The molecule has 1 aromatic heterocycles. The van der Waals surface area contributed by atoms with E-state index >= 15 is 0 Å². The van der Waals surface area contributed by atoms with Crippen molar-refractivity contribution in [3.63, 3.8) is 0 Å². The Balaban J connectivity index is 1.04. The Morgan fingerprint density at radius 1 is 1.00 bits per heavy atom. The van der Waals surface area contributed by atoms with Crippen molar-refractivity contribution >= 4 is 28.4 Å². The number of aryl methyl sites for hydroxylation is 1. The van der Waals surface area contributed by atoms with Crippen molar-refractivity contribution in [2.75, 3.05) is 6.54 Å². The van der Waals surface area contributed by atoms with Crippen LogP contribution < -0.4 is 5.32 Å². The molecule has 4 nitrogen and oxygen atoms in total. The largest absolute Gasteiger partial charge is 0.349 e. The topological polar surface area (TPSA) is 45.2 Å². The van der Waals surface area contributed by atoms with Gasteiger partial charge >= 0.3 is 0 Å². The maximum Gasteiger partial charge on any atom is 0.252 e. The van der Waals surface area contributed by atoms with Crippen LogP contribution in [0.1, 0.15) is 71.4 Å². The van der Waals surface area contributed by atoms with Gasteiger partial charge in [-0.05, 0) is 74.3 Å². The van der Waals surface area contributed by atoms with Gasteiger partial charge in [-0.15, -0.1) is 0 Å². The van der Waals surface area contributed by atoms with Gasteiger partial charge < -0.3 is 5.32 Å². The minimum absolute atomic E-state index is 0.0201. The molecule has 0 radical (unpaired) electrons. The summed E-state index contributed by atoms with van der Waals surface area (Å²) in [5, 5.41) is 4.69. The first-order valence-corrected chi connectivity index (χ1v) is 12.9. The highest BCUT2D eigenvalue weighted by molar-refractivity contribution is 6.35. The molecular weight excluding hydrogens is 442 g/mol. The third kappa shape index (κ3) is 3.83. The number of carbonyl (C=O) groups excluding carboxylic acids is 1. The summed E-state index contributed by atoms with van der Waals surface area (Å²) in [6.07, 6.45) is 10.4. The molecule has 3 aliphatic rings. The van der Waals surface area contributed by atoms with E-state index in [9.17, 15) is 4.79 Å². The second kappa shape index (κ2) is 8.83. The molecule has 2 unspecified atom stereocenters. The van der Waals surface area contributed by atoms with E-state index in [1.54, 1.807) is 6.07 Å². The molecular formula is C29H30ClN3O. The molecule has 5 heteroatoms. The Morgan fingerprint density at radius 2 is 1.71 bits per heavy atom. The number of rotatable bonds is 5. The van der Waals surface area contributed by atoms with Gasteiger partial charge in [0.2, 0.25) is 0 Å². The van der Waals surface area contributed by atoms with Gasteiger partial charge in [0.05, 0.1) is 22.6 Å². The Hall–Kier alpha value is -2.69. The van der Waals surface area contributed by atoms with Crippen LogP contribution in [0.25, 0.3) is 10.9 Å². The molecule has 0 spiro atoms. The number of hydrogen-bond acceptors (Lipinski definition) is 3. The molecule has 1 N–H and O–H groups in total. The van der Waals surface area contributed by atoms with Gasteiger partial charge in [-0.1, -0.05) is 54.1 Å². The predicted octanol–water partition coefficient (Wildman–Crippen LogP) is 6.54. The zero-order valence-electron chi connectivity index (χ0n) is 19.5. The lowest BCUT2D eigenvalue weighted by atomic mass is 9.84. The molecule has 1 fully saturated rings. The third-order valence-electron chi connectivity index (χ3n) is 7.99. The van der Waals surface area contributed by atoms with Gasteiger partial charge in [-0.2, -0.15) is 0 Å². The molecule has 2 bridgehead atoms. The maximum absolute atomic E-state index is 13.1. The standard InChI is InChI=1S/C29H30ClN3O/c1-18-6-11-23-24(12-13-25(30)28(23)31-18)29(34)32-20-9-7-19(8-10-20)16-17-33-26-14-15-27(33)22-5-3-2-4-21(22)26/h2-6,11-15,19-20,26-27H,7-10,16-17H2,1H3,(H,32,34). The summed E-state index contributed by atoms with van der Waals surface area (Å²) in [6, 6.07) is 17.5. The van der Waals surface area contributed by atoms with E-state index in [0.29, 0.717) is 28.2 Å². The van der Waals surface area contributed by atoms with Crippen molar-refractivity contribution in [3.05, 3.63) is 88.1 Å². The molecule has 2 atom stereocenters. The zero-order chi connectivity index (χ0) is 23.2. The van der Waals surface area contributed by atoms with E-state index in [1.165, 1.54) is 30.4 Å². The molecule has 3 aromatic rings. The van der Waals surface area contributed by atoms with E-state index in [0.717, 1.165) is 36.4 Å². The lowest BCUT2D eigenvalue weighted by Crippen LogP contribution is -2.38. The molecule has 1 amide bonds. The monoisotopic (exact) mass is 471 g/mol. The van der Waals surface area contributed by atoms with Crippen molar-refractivity contribution in [3.8, 4) is 0 Å².